The minimum Gasteiger partial charge on any atom is -0.462 e. The molecule has 0 aliphatic carbocycles. The second-order valence-electron chi connectivity index (χ2n) is 2.54. The molecule has 0 aliphatic heterocycles. The Balaban J connectivity index is 2.94. The lowest BCUT2D eigenvalue weighted by Gasteiger charge is -1.90. The Morgan fingerprint density at radius 2 is 2.18 bits per heavy atom. The molecule has 0 fully saturated rings. The first-order valence-electron chi connectivity index (χ1n) is 3.41. The average Bonchev–Trinajstić information content (AvgIpc) is 2.35. The highest BCUT2D eigenvalue weighted by Crippen LogP contribution is 2.26. The molecule has 0 radical (unpaired) electrons. The second-order valence-corrected chi connectivity index (χ2v) is 2.94. The van der Waals surface area contributed by atoms with Crippen molar-refractivity contribution in [3.8, 4) is 0 Å². The summed E-state index contributed by atoms with van der Waals surface area (Å²) < 4.78 is 5.25. The van der Waals surface area contributed by atoms with Crippen molar-refractivity contribution in [2.24, 2.45) is 0 Å². The topological polar surface area (TPSA) is 13.1 Å². The summed E-state index contributed by atoms with van der Waals surface area (Å²) in [5, 5.41) is 1.77. The zero-order valence-electron chi connectivity index (χ0n) is 6.10. The number of furan rings is 1. The number of para-hydroxylation sites is 1. The molecule has 1 aromatic carbocycles. The lowest BCUT2D eigenvalue weighted by Crippen LogP contribution is -1.67. The molecule has 1 heterocycles. The van der Waals surface area contributed by atoms with Gasteiger partial charge in [0.2, 0.25) is 0 Å². The maximum Gasteiger partial charge on any atom is 0.152 e. The van der Waals surface area contributed by atoms with Crippen molar-refractivity contribution in [3.63, 3.8) is 0 Å². The lowest BCUT2D eigenvalue weighted by atomic mass is 10.2. The molecule has 0 N–H and O–H groups in total. The molecule has 2 aromatic rings. The number of hydrogen-bond donors (Lipinski definition) is 0. The molecule has 2 rings (SSSR count). The third-order valence-electron chi connectivity index (χ3n) is 1.75. The molecule has 0 unspecified atom stereocenters. The van der Waals surface area contributed by atoms with Crippen LogP contribution in [0.3, 0.4) is 0 Å². The van der Waals surface area contributed by atoms with Gasteiger partial charge in [-0.15, -0.1) is 0 Å². The van der Waals surface area contributed by atoms with Crippen molar-refractivity contribution in [1.29, 1.82) is 0 Å². The third-order valence-corrected chi connectivity index (χ3v) is 2.04. The van der Waals surface area contributed by atoms with E-state index in [9.17, 15) is 0 Å². The van der Waals surface area contributed by atoms with E-state index in [2.05, 4.69) is 0 Å². The SMILES string of the molecule is Cc1coc2c(Cl)cccc12. The van der Waals surface area contributed by atoms with Gasteiger partial charge in [-0.2, -0.15) is 0 Å². The summed E-state index contributed by atoms with van der Waals surface area (Å²) in [4.78, 5) is 0. The van der Waals surface area contributed by atoms with Gasteiger partial charge in [-0.1, -0.05) is 23.7 Å². The summed E-state index contributed by atoms with van der Waals surface area (Å²) in [6, 6.07) is 5.75. The molecule has 2 heteroatoms. The van der Waals surface area contributed by atoms with Gasteiger partial charge in [-0.25, -0.2) is 0 Å². The van der Waals surface area contributed by atoms with E-state index in [0.717, 1.165) is 16.5 Å². The standard InChI is InChI=1S/C9H7ClO/c1-6-5-11-9-7(6)3-2-4-8(9)10/h2-5H,1H3. The van der Waals surface area contributed by atoms with Crippen LogP contribution in [0.4, 0.5) is 0 Å². The molecular formula is C9H7ClO. The van der Waals surface area contributed by atoms with Crippen molar-refractivity contribution >= 4 is 22.6 Å². The van der Waals surface area contributed by atoms with E-state index < -0.39 is 0 Å². The first-order valence-corrected chi connectivity index (χ1v) is 3.79. The van der Waals surface area contributed by atoms with E-state index in [4.69, 9.17) is 16.0 Å². The van der Waals surface area contributed by atoms with Crippen LogP contribution >= 0.6 is 11.6 Å². The van der Waals surface area contributed by atoms with E-state index in [1.165, 1.54) is 0 Å². The van der Waals surface area contributed by atoms with Crippen LogP contribution in [0.5, 0.6) is 0 Å². The first-order chi connectivity index (χ1) is 5.29. The Morgan fingerprint density at radius 1 is 1.36 bits per heavy atom. The quantitative estimate of drug-likeness (QED) is 0.585. The van der Waals surface area contributed by atoms with Gasteiger partial charge < -0.3 is 4.42 Å². The van der Waals surface area contributed by atoms with E-state index in [1.807, 2.05) is 25.1 Å². The third kappa shape index (κ3) is 0.925. The second kappa shape index (κ2) is 2.28. The molecular weight excluding hydrogens is 160 g/mol. The van der Waals surface area contributed by atoms with Crippen molar-refractivity contribution in [3.05, 3.63) is 35.0 Å². The van der Waals surface area contributed by atoms with Crippen molar-refractivity contribution in [2.45, 2.75) is 6.92 Å². The Hall–Kier alpha value is -0.950. The number of aryl methyl sites for hydroxylation is 1. The predicted molar refractivity (Wildman–Crippen MR) is 46.0 cm³/mol. The van der Waals surface area contributed by atoms with Crippen LogP contribution in [0, 0.1) is 6.92 Å². The average molecular weight is 167 g/mol. The van der Waals surface area contributed by atoms with Crippen LogP contribution in [-0.2, 0) is 0 Å². The van der Waals surface area contributed by atoms with Gasteiger partial charge >= 0.3 is 0 Å². The van der Waals surface area contributed by atoms with Crippen LogP contribution in [0.1, 0.15) is 5.56 Å². The van der Waals surface area contributed by atoms with Crippen LogP contribution in [0.25, 0.3) is 11.0 Å². The molecule has 0 aliphatic rings. The first kappa shape index (κ1) is 6.74. The van der Waals surface area contributed by atoms with Crippen molar-refractivity contribution in [1.82, 2.24) is 0 Å². The molecule has 0 saturated heterocycles. The van der Waals surface area contributed by atoms with E-state index in [0.29, 0.717) is 5.02 Å². The van der Waals surface area contributed by atoms with Gasteiger partial charge in [0.25, 0.3) is 0 Å². The fourth-order valence-corrected chi connectivity index (χ4v) is 1.37. The highest BCUT2D eigenvalue weighted by molar-refractivity contribution is 6.34. The lowest BCUT2D eigenvalue weighted by molar-refractivity contribution is 0.613. The van der Waals surface area contributed by atoms with E-state index in [1.54, 1.807) is 6.26 Å². The zero-order chi connectivity index (χ0) is 7.84. The highest BCUT2D eigenvalue weighted by Gasteiger charge is 2.03. The van der Waals surface area contributed by atoms with Crippen LogP contribution in [-0.4, -0.2) is 0 Å². The molecule has 0 amide bonds. The Morgan fingerprint density at radius 3 is 2.91 bits per heavy atom. The molecule has 0 bridgehead atoms. The van der Waals surface area contributed by atoms with Crippen molar-refractivity contribution in [2.75, 3.05) is 0 Å². The molecule has 11 heavy (non-hydrogen) atoms. The monoisotopic (exact) mass is 166 g/mol. The van der Waals surface area contributed by atoms with Gasteiger partial charge in [-0.05, 0) is 18.6 Å². The van der Waals surface area contributed by atoms with E-state index >= 15 is 0 Å². The maximum atomic E-state index is 5.88. The molecule has 0 saturated carbocycles. The summed E-state index contributed by atoms with van der Waals surface area (Å²) in [7, 11) is 0. The van der Waals surface area contributed by atoms with Crippen LogP contribution in [0.2, 0.25) is 5.02 Å². The van der Waals surface area contributed by atoms with Crippen LogP contribution < -0.4 is 0 Å². The Labute approximate surface area is 69.6 Å². The number of benzene rings is 1. The van der Waals surface area contributed by atoms with Crippen LogP contribution in [0.15, 0.2) is 28.9 Å². The van der Waals surface area contributed by atoms with Crippen molar-refractivity contribution < 1.29 is 4.42 Å². The fourth-order valence-electron chi connectivity index (χ4n) is 1.15. The van der Waals surface area contributed by atoms with Gasteiger partial charge in [-0.3, -0.25) is 0 Å². The van der Waals surface area contributed by atoms with E-state index in [-0.39, 0.29) is 0 Å². The zero-order valence-corrected chi connectivity index (χ0v) is 6.85. The normalized spacial score (nSPS) is 10.7. The highest BCUT2D eigenvalue weighted by atomic mass is 35.5. The molecule has 56 valence electrons. The number of rotatable bonds is 0. The number of halogens is 1. The smallest absolute Gasteiger partial charge is 0.152 e. The summed E-state index contributed by atoms with van der Waals surface area (Å²) in [6.45, 7) is 2.00. The molecule has 1 nitrogen and oxygen atoms in total. The number of hydrogen-bond acceptors (Lipinski definition) is 1. The number of fused-ring (bicyclic) bond motifs is 1. The van der Waals surface area contributed by atoms with Gasteiger partial charge in [0, 0.05) is 5.39 Å². The Bertz CT molecular complexity index is 389. The van der Waals surface area contributed by atoms with Gasteiger partial charge in [0.15, 0.2) is 5.58 Å². The maximum absolute atomic E-state index is 5.88. The summed E-state index contributed by atoms with van der Waals surface area (Å²) in [5.41, 5.74) is 1.91. The summed E-state index contributed by atoms with van der Waals surface area (Å²) in [6.07, 6.45) is 1.72. The Kier molecular flexibility index (Phi) is 1.40. The van der Waals surface area contributed by atoms with Gasteiger partial charge in [0.1, 0.15) is 0 Å². The minimum atomic E-state index is 0.676. The minimum absolute atomic E-state index is 0.676. The molecule has 0 atom stereocenters. The largest absolute Gasteiger partial charge is 0.462 e. The summed E-state index contributed by atoms with van der Waals surface area (Å²) >= 11 is 5.88. The fraction of sp³-hybridized carbons (Fsp3) is 0.111. The molecule has 1 aromatic heterocycles. The van der Waals surface area contributed by atoms with Gasteiger partial charge in [0.05, 0.1) is 11.3 Å². The summed E-state index contributed by atoms with van der Waals surface area (Å²) in [5.74, 6) is 0. The predicted octanol–water partition coefficient (Wildman–Crippen LogP) is 3.39. The molecule has 0 spiro atoms.